The van der Waals surface area contributed by atoms with Crippen molar-refractivity contribution in [2.45, 2.75) is 19.8 Å². The molecule has 0 saturated carbocycles. The van der Waals surface area contributed by atoms with Gasteiger partial charge in [0.25, 0.3) is 0 Å². The Hall–Kier alpha value is -0.141. The van der Waals surface area contributed by atoms with E-state index in [4.69, 9.17) is 5.11 Å². The number of carbonyl (C=O) groups is 1. The average molecular weight is 179 g/mol. The number of rotatable bonds is 3. The Bertz CT molecular complexity index is 109. The van der Waals surface area contributed by atoms with E-state index >= 15 is 0 Å². The standard InChI is InChI=1S/C5H8O2Se/c1-2-3-4(6)5(7)8/h2-3H2,1H3,(H,7,8). The van der Waals surface area contributed by atoms with Crippen LogP contribution in [-0.4, -0.2) is 31.1 Å². The third kappa shape index (κ3) is 2.94. The minimum absolute atomic E-state index is 0.201. The van der Waals surface area contributed by atoms with Crippen LogP contribution in [0.15, 0.2) is 0 Å². The minimum atomic E-state index is -0.202. The summed E-state index contributed by atoms with van der Waals surface area (Å²) in [7, 11) is 0. The van der Waals surface area contributed by atoms with E-state index in [9.17, 15) is 4.79 Å². The van der Waals surface area contributed by atoms with Gasteiger partial charge in [-0.2, -0.15) is 0 Å². The Morgan fingerprint density at radius 2 is 2.25 bits per heavy atom. The Morgan fingerprint density at radius 1 is 1.75 bits per heavy atom. The van der Waals surface area contributed by atoms with E-state index in [1.165, 1.54) is 0 Å². The predicted octanol–water partition coefficient (Wildman–Crippen LogP) is 0.0265. The first-order chi connectivity index (χ1) is 3.68. The first kappa shape index (κ1) is 7.86. The summed E-state index contributed by atoms with van der Waals surface area (Å²) in [4.78, 5) is 10.4. The molecule has 0 fully saturated rings. The molecule has 0 rings (SSSR count). The van der Waals surface area contributed by atoms with Gasteiger partial charge in [-0.1, -0.05) is 0 Å². The molecule has 2 nitrogen and oxygen atoms in total. The Morgan fingerprint density at radius 3 is 2.38 bits per heavy atom. The fourth-order valence-electron chi connectivity index (χ4n) is 0.334. The van der Waals surface area contributed by atoms with Gasteiger partial charge in [0.15, 0.2) is 0 Å². The zero-order valence-electron chi connectivity index (χ0n) is 4.68. The zero-order chi connectivity index (χ0) is 6.57. The molecule has 0 radical (unpaired) electrons. The Kier molecular flexibility index (Phi) is 3.75. The van der Waals surface area contributed by atoms with Crippen molar-refractivity contribution >= 4 is 26.0 Å². The molecular weight excluding hydrogens is 171 g/mol. The topological polar surface area (TPSA) is 37.3 Å². The number of carbonyl (C=O) groups excluding carboxylic acids is 1. The second-order valence-corrected chi connectivity index (χ2v) is 2.29. The molecule has 46 valence electrons. The number of aliphatic hydroxyl groups excluding tert-OH is 1. The van der Waals surface area contributed by atoms with E-state index in [-0.39, 0.29) is 10.4 Å². The van der Waals surface area contributed by atoms with Crippen LogP contribution in [0.25, 0.3) is 0 Å². The van der Waals surface area contributed by atoms with Crippen LogP contribution in [0.3, 0.4) is 0 Å². The van der Waals surface area contributed by atoms with Gasteiger partial charge < -0.3 is 0 Å². The molecule has 0 spiro atoms. The van der Waals surface area contributed by atoms with Crippen LogP contribution in [0.1, 0.15) is 19.8 Å². The van der Waals surface area contributed by atoms with Crippen LogP contribution in [0.4, 0.5) is 0 Å². The van der Waals surface area contributed by atoms with Gasteiger partial charge in [-0.05, 0) is 0 Å². The van der Waals surface area contributed by atoms with Gasteiger partial charge in [-0.15, -0.1) is 0 Å². The summed E-state index contributed by atoms with van der Waals surface area (Å²) in [5, 5.41) is 8.46. The third-order valence-electron chi connectivity index (χ3n) is 0.716. The maximum atomic E-state index is 10.4. The second-order valence-electron chi connectivity index (χ2n) is 1.48. The van der Waals surface area contributed by atoms with Crippen LogP contribution in [0.5, 0.6) is 0 Å². The maximum absolute atomic E-state index is 10.4. The number of Topliss-reactive ketones (excluding diaryl/α,β-unsaturated/α-hetero) is 1. The summed E-state index contributed by atoms with van der Waals surface area (Å²) in [6.45, 7) is 1.89. The summed E-state index contributed by atoms with van der Waals surface area (Å²) < 4.78 is -0.202. The molecule has 0 unspecified atom stereocenters. The number of ketones is 1. The summed E-state index contributed by atoms with van der Waals surface area (Å²) in [6.07, 6.45) is 1.21. The SMILES string of the molecule is CCCC(=O)C(O)=[Se]. The van der Waals surface area contributed by atoms with Gasteiger partial charge in [0.1, 0.15) is 0 Å². The van der Waals surface area contributed by atoms with E-state index in [2.05, 4.69) is 15.6 Å². The number of hydrogen-bond acceptors (Lipinski definition) is 2. The summed E-state index contributed by atoms with van der Waals surface area (Å²) in [5.74, 6) is -0.201. The Balaban J connectivity index is 3.49. The second kappa shape index (κ2) is 3.81. The molecule has 0 atom stereocenters. The van der Waals surface area contributed by atoms with Crippen molar-refractivity contribution in [2.75, 3.05) is 0 Å². The average Bonchev–Trinajstić information content (AvgIpc) is 1.67. The summed E-state index contributed by atoms with van der Waals surface area (Å²) in [5.41, 5.74) is 0. The van der Waals surface area contributed by atoms with E-state index in [1.54, 1.807) is 0 Å². The molecule has 0 amide bonds. The fourth-order valence-corrected chi connectivity index (χ4v) is 0.548. The van der Waals surface area contributed by atoms with E-state index in [1.807, 2.05) is 6.92 Å². The molecule has 3 heteroatoms. The van der Waals surface area contributed by atoms with Crippen molar-refractivity contribution in [3.05, 3.63) is 0 Å². The number of aliphatic hydroxyl groups is 1. The molecule has 8 heavy (non-hydrogen) atoms. The van der Waals surface area contributed by atoms with E-state index in [0.717, 1.165) is 6.42 Å². The molecule has 0 aliphatic heterocycles. The van der Waals surface area contributed by atoms with Crippen LogP contribution < -0.4 is 0 Å². The molecule has 0 bridgehead atoms. The van der Waals surface area contributed by atoms with Crippen molar-refractivity contribution in [1.29, 1.82) is 0 Å². The Labute approximate surface area is 56.3 Å². The quantitative estimate of drug-likeness (QED) is 0.620. The first-order valence-electron chi connectivity index (χ1n) is 2.44. The summed E-state index contributed by atoms with van der Waals surface area (Å²) in [6, 6.07) is 0. The van der Waals surface area contributed by atoms with E-state index in [0.29, 0.717) is 6.42 Å². The third-order valence-corrected chi connectivity index (χ3v) is 1.19. The van der Waals surface area contributed by atoms with Crippen molar-refractivity contribution in [1.82, 2.24) is 0 Å². The molecule has 0 aliphatic carbocycles. The fraction of sp³-hybridized carbons (Fsp3) is 0.600. The van der Waals surface area contributed by atoms with Crippen LogP contribution in [-0.2, 0) is 4.79 Å². The molecule has 0 aromatic carbocycles. The van der Waals surface area contributed by atoms with Crippen LogP contribution in [0.2, 0.25) is 0 Å². The van der Waals surface area contributed by atoms with Gasteiger partial charge in [-0.25, -0.2) is 0 Å². The van der Waals surface area contributed by atoms with Gasteiger partial charge in [0.2, 0.25) is 0 Å². The van der Waals surface area contributed by atoms with Crippen molar-refractivity contribution in [3.63, 3.8) is 0 Å². The predicted molar refractivity (Wildman–Crippen MR) is 32.6 cm³/mol. The molecule has 0 aromatic heterocycles. The molecule has 1 N–H and O–H groups in total. The molecule has 0 saturated heterocycles. The normalized spacial score (nSPS) is 8.62. The molecule has 0 aromatic rings. The van der Waals surface area contributed by atoms with Gasteiger partial charge in [0.05, 0.1) is 0 Å². The van der Waals surface area contributed by atoms with Crippen LogP contribution in [0, 0.1) is 0 Å². The van der Waals surface area contributed by atoms with Gasteiger partial charge in [0, 0.05) is 0 Å². The molecule has 0 aliphatic rings. The molecular formula is C5H8O2Se. The van der Waals surface area contributed by atoms with Gasteiger partial charge >= 0.3 is 55.6 Å². The first-order valence-corrected chi connectivity index (χ1v) is 3.30. The van der Waals surface area contributed by atoms with E-state index < -0.39 is 0 Å². The van der Waals surface area contributed by atoms with Crippen molar-refractivity contribution < 1.29 is 9.90 Å². The van der Waals surface area contributed by atoms with Crippen molar-refractivity contribution in [3.8, 4) is 0 Å². The van der Waals surface area contributed by atoms with Crippen LogP contribution >= 0.6 is 0 Å². The van der Waals surface area contributed by atoms with Crippen molar-refractivity contribution in [2.24, 2.45) is 0 Å². The van der Waals surface area contributed by atoms with Gasteiger partial charge in [-0.3, -0.25) is 0 Å². The molecule has 0 heterocycles. The zero-order valence-corrected chi connectivity index (χ0v) is 6.39. The number of hydrogen-bond donors (Lipinski definition) is 1. The monoisotopic (exact) mass is 180 g/mol. The summed E-state index contributed by atoms with van der Waals surface area (Å²) >= 11 is 2.25.